The van der Waals surface area contributed by atoms with Crippen LogP contribution in [0, 0.1) is 0 Å². The molecule has 1 heterocycles. The van der Waals surface area contributed by atoms with E-state index in [4.69, 9.17) is 0 Å². The van der Waals surface area contributed by atoms with Crippen LogP contribution >= 0.6 is 0 Å². The minimum atomic E-state index is -0.361. The highest BCUT2D eigenvalue weighted by molar-refractivity contribution is 6.23. The molecule has 0 atom stereocenters. The van der Waals surface area contributed by atoms with E-state index in [2.05, 4.69) is 10.1 Å². The van der Waals surface area contributed by atoms with Crippen LogP contribution in [0.25, 0.3) is 32.4 Å². The van der Waals surface area contributed by atoms with Gasteiger partial charge in [0.25, 0.3) is 5.56 Å². The Morgan fingerprint density at radius 2 is 1.62 bits per heavy atom. The lowest BCUT2D eigenvalue weighted by Crippen LogP contribution is -2.29. The molecular formula is C23H27N5O4. The van der Waals surface area contributed by atoms with Crippen molar-refractivity contribution < 1.29 is 10.2 Å². The molecule has 9 nitrogen and oxygen atoms in total. The van der Waals surface area contributed by atoms with Crippen LogP contribution in [0.15, 0.2) is 38.8 Å². The Morgan fingerprint density at radius 1 is 0.906 bits per heavy atom. The molecule has 0 aliphatic carbocycles. The van der Waals surface area contributed by atoms with Crippen LogP contribution in [0.1, 0.15) is 0 Å². The van der Waals surface area contributed by atoms with Gasteiger partial charge >= 0.3 is 0 Å². The Kier molecular flexibility index (Phi) is 5.62. The summed E-state index contributed by atoms with van der Waals surface area (Å²) in [5, 5.41) is 26.6. The van der Waals surface area contributed by atoms with E-state index in [1.54, 1.807) is 12.1 Å². The maximum Gasteiger partial charge on any atom is 0.272 e. The summed E-state index contributed by atoms with van der Waals surface area (Å²) in [7, 11) is 7.70. The summed E-state index contributed by atoms with van der Waals surface area (Å²) in [6.45, 7) is 2.19. The summed E-state index contributed by atoms with van der Waals surface area (Å²) >= 11 is 0. The third kappa shape index (κ3) is 3.59. The average Bonchev–Trinajstić information content (AvgIpc) is 2.73. The molecule has 0 saturated heterocycles. The van der Waals surface area contributed by atoms with Gasteiger partial charge in [0.05, 0.1) is 45.5 Å². The van der Waals surface area contributed by atoms with Crippen molar-refractivity contribution in [3.63, 3.8) is 0 Å². The summed E-state index contributed by atoms with van der Waals surface area (Å²) < 4.78 is 1.46. The maximum absolute atomic E-state index is 13.2. The van der Waals surface area contributed by atoms with E-state index in [-0.39, 0.29) is 33.3 Å². The first-order valence-corrected chi connectivity index (χ1v) is 10.4. The molecule has 9 heteroatoms. The molecule has 0 fully saturated rings. The van der Waals surface area contributed by atoms with Gasteiger partial charge in [0.1, 0.15) is 11.5 Å². The van der Waals surface area contributed by atoms with Crippen molar-refractivity contribution in [3.8, 4) is 11.5 Å². The molecule has 0 unspecified atom stereocenters. The number of nitrogens with one attached hydrogen (secondary N) is 1. The van der Waals surface area contributed by atoms with Crippen LogP contribution in [0.2, 0.25) is 0 Å². The summed E-state index contributed by atoms with van der Waals surface area (Å²) in [4.78, 5) is 34.6. The zero-order valence-corrected chi connectivity index (χ0v) is 18.6. The largest absolute Gasteiger partial charge is 0.507 e. The van der Waals surface area contributed by atoms with Gasteiger partial charge in [0.2, 0.25) is 0 Å². The maximum atomic E-state index is 13.2. The van der Waals surface area contributed by atoms with Crippen molar-refractivity contribution >= 4 is 32.4 Å². The molecule has 1 aromatic heterocycles. The lowest BCUT2D eigenvalue weighted by molar-refractivity contribution is 0.370. The van der Waals surface area contributed by atoms with Crippen LogP contribution in [-0.4, -0.2) is 77.6 Å². The van der Waals surface area contributed by atoms with E-state index in [1.165, 1.54) is 16.8 Å². The number of likely N-dealkylation sites (N-methyl/N-ethyl adjacent to an activating group) is 2. The van der Waals surface area contributed by atoms with Crippen LogP contribution in [-0.2, 0) is 6.54 Å². The first-order valence-electron chi connectivity index (χ1n) is 10.4. The molecule has 3 N–H and O–H groups in total. The van der Waals surface area contributed by atoms with E-state index < -0.39 is 0 Å². The highest BCUT2D eigenvalue weighted by atomic mass is 16.3. The number of aromatic amines is 1. The first-order chi connectivity index (χ1) is 15.2. The number of benzene rings is 3. The van der Waals surface area contributed by atoms with Gasteiger partial charge in [-0.25, -0.2) is 0 Å². The van der Waals surface area contributed by atoms with Gasteiger partial charge in [-0.15, -0.1) is 0 Å². The molecule has 4 rings (SSSR count). The Morgan fingerprint density at radius 3 is 2.31 bits per heavy atom. The van der Waals surface area contributed by atoms with E-state index in [0.29, 0.717) is 53.2 Å². The van der Waals surface area contributed by atoms with Gasteiger partial charge in [-0.1, -0.05) is 0 Å². The van der Waals surface area contributed by atoms with Crippen LogP contribution in [0.4, 0.5) is 0 Å². The summed E-state index contributed by atoms with van der Waals surface area (Å²) in [5.74, 6) is -0.464. The third-order valence-corrected chi connectivity index (χ3v) is 5.62. The quantitative estimate of drug-likeness (QED) is 0.305. The summed E-state index contributed by atoms with van der Waals surface area (Å²) in [6.07, 6.45) is 0. The molecule has 0 amide bonds. The highest BCUT2D eigenvalue weighted by Gasteiger charge is 2.21. The Bertz CT molecular complexity index is 1500. The van der Waals surface area contributed by atoms with Gasteiger partial charge in [-0.3, -0.25) is 24.4 Å². The second-order valence-corrected chi connectivity index (χ2v) is 8.50. The topological polar surface area (TPSA) is 114 Å². The van der Waals surface area contributed by atoms with Crippen molar-refractivity contribution in [2.75, 3.05) is 47.8 Å². The second kappa shape index (κ2) is 8.25. The summed E-state index contributed by atoms with van der Waals surface area (Å²) in [6, 6.07) is 5.92. The monoisotopic (exact) mass is 437 g/mol. The minimum Gasteiger partial charge on any atom is -0.507 e. The van der Waals surface area contributed by atoms with Crippen molar-refractivity contribution in [2.45, 2.75) is 6.54 Å². The first kappa shape index (κ1) is 21.8. The van der Waals surface area contributed by atoms with Gasteiger partial charge in [0.15, 0.2) is 5.43 Å². The number of H-pyrrole nitrogens is 1. The zero-order valence-electron chi connectivity index (χ0n) is 18.6. The van der Waals surface area contributed by atoms with E-state index in [0.717, 1.165) is 0 Å². The van der Waals surface area contributed by atoms with Crippen LogP contribution in [0.3, 0.4) is 0 Å². The fraction of sp³-hybridized carbons (Fsp3) is 0.348. The van der Waals surface area contributed by atoms with E-state index >= 15 is 0 Å². The minimum absolute atomic E-state index is 0.0515. The molecule has 3 aromatic carbocycles. The Balaban J connectivity index is 2.20. The standard InChI is InChI=1S/C23H27N5O4/c1-26(2)10-9-24-14-6-5-13-17-18(14)22(31)20-16(30)8-7-15(29)19(20)21(17)25-28(23(13)32)12-11-27(3)4/h5-8,25,30-31H,9-12H2,1-4H3. The fourth-order valence-corrected chi connectivity index (χ4v) is 3.98. The number of phenols is 2. The fourth-order valence-electron chi connectivity index (χ4n) is 3.98. The van der Waals surface area contributed by atoms with Crippen molar-refractivity contribution in [3.05, 3.63) is 50.2 Å². The molecule has 32 heavy (non-hydrogen) atoms. The van der Waals surface area contributed by atoms with Gasteiger partial charge in [0, 0.05) is 18.5 Å². The molecule has 168 valence electrons. The normalized spacial score (nSPS) is 12.9. The van der Waals surface area contributed by atoms with Gasteiger partial charge in [-0.05, 0) is 52.5 Å². The Hall–Kier alpha value is -3.43. The summed E-state index contributed by atoms with van der Waals surface area (Å²) in [5.41, 5.74) is -0.220. The van der Waals surface area contributed by atoms with Crippen molar-refractivity contribution in [1.29, 1.82) is 0 Å². The SMILES string of the molecule is CN(C)CCN=c1ccc2c(=O)n(CCN(C)C)[nH]c3c4c(=O)ccc(O)c4c(O)c1c23. The number of hydrogen-bond donors (Lipinski definition) is 3. The highest BCUT2D eigenvalue weighted by Crippen LogP contribution is 2.39. The van der Waals surface area contributed by atoms with Gasteiger partial charge in [-0.2, -0.15) is 0 Å². The molecule has 0 spiro atoms. The number of rotatable bonds is 6. The van der Waals surface area contributed by atoms with E-state index in [9.17, 15) is 19.8 Å². The van der Waals surface area contributed by atoms with Gasteiger partial charge < -0.3 is 20.0 Å². The number of nitrogens with zero attached hydrogens (tertiary/aromatic N) is 4. The zero-order chi connectivity index (χ0) is 23.2. The number of phenolic OH excluding ortho intramolecular Hbond substituents is 2. The number of fused-ring (bicyclic) bond motifs is 2. The second-order valence-electron chi connectivity index (χ2n) is 8.50. The predicted molar refractivity (Wildman–Crippen MR) is 126 cm³/mol. The predicted octanol–water partition coefficient (Wildman–Crippen LogP) is 0.869. The molecule has 0 bridgehead atoms. The molecular weight excluding hydrogens is 410 g/mol. The molecule has 0 aliphatic rings. The average molecular weight is 438 g/mol. The number of aromatic nitrogens is 2. The molecule has 0 radical (unpaired) electrons. The van der Waals surface area contributed by atoms with Crippen molar-refractivity contribution in [1.82, 2.24) is 19.6 Å². The molecule has 0 saturated carbocycles. The van der Waals surface area contributed by atoms with Crippen LogP contribution in [0.5, 0.6) is 11.5 Å². The van der Waals surface area contributed by atoms with Crippen molar-refractivity contribution in [2.24, 2.45) is 4.99 Å². The molecule has 0 aliphatic heterocycles. The van der Waals surface area contributed by atoms with Crippen LogP contribution < -0.4 is 16.3 Å². The number of hydrogen-bond acceptors (Lipinski definition) is 7. The molecule has 4 aromatic rings. The lowest BCUT2D eigenvalue weighted by Gasteiger charge is -2.17. The smallest absolute Gasteiger partial charge is 0.272 e. The lowest BCUT2D eigenvalue weighted by atomic mass is 9.97. The third-order valence-electron chi connectivity index (χ3n) is 5.62. The Labute approximate surface area is 183 Å². The van der Waals surface area contributed by atoms with E-state index in [1.807, 2.05) is 38.0 Å². The number of aromatic hydroxyl groups is 2.